The maximum absolute atomic E-state index is 5.93. The molecule has 2 N–H and O–H groups in total. The van der Waals surface area contributed by atoms with Crippen LogP contribution in [0.2, 0.25) is 0 Å². The molecule has 18 heavy (non-hydrogen) atoms. The summed E-state index contributed by atoms with van der Waals surface area (Å²) >= 11 is 0. The van der Waals surface area contributed by atoms with Crippen molar-refractivity contribution in [2.75, 3.05) is 0 Å². The molecule has 0 amide bonds. The summed E-state index contributed by atoms with van der Waals surface area (Å²) < 4.78 is 0. The van der Waals surface area contributed by atoms with Crippen molar-refractivity contribution in [3.05, 3.63) is 48.5 Å². The van der Waals surface area contributed by atoms with Crippen molar-refractivity contribution in [1.29, 1.82) is 0 Å². The first-order valence-corrected chi connectivity index (χ1v) is 5.89. The van der Waals surface area contributed by atoms with Gasteiger partial charge < -0.3 is 5.73 Å². The van der Waals surface area contributed by atoms with E-state index in [0.717, 1.165) is 24.0 Å². The van der Waals surface area contributed by atoms with Crippen LogP contribution in [0.5, 0.6) is 0 Å². The van der Waals surface area contributed by atoms with Crippen molar-refractivity contribution < 1.29 is 0 Å². The zero-order chi connectivity index (χ0) is 12.1. The summed E-state index contributed by atoms with van der Waals surface area (Å²) in [5, 5.41) is 0. The van der Waals surface area contributed by atoms with Crippen LogP contribution in [0.15, 0.2) is 43.0 Å². The fourth-order valence-corrected chi connectivity index (χ4v) is 1.73. The quantitative estimate of drug-likeness (QED) is 0.923. The highest BCUT2D eigenvalue weighted by molar-refractivity contribution is 5.85. The fourth-order valence-electron chi connectivity index (χ4n) is 1.73. The third-order valence-corrected chi connectivity index (χ3v) is 2.87. The molecular weight excluding hydrogens is 246 g/mol. The molecule has 2 aromatic rings. The zero-order valence-electron chi connectivity index (χ0n) is 10.4. The van der Waals surface area contributed by atoms with Gasteiger partial charge in [-0.15, -0.1) is 12.4 Å². The SMILES string of the molecule is CCC(N)Cc1ccc(-c2cncnc2)cc1.Cl. The van der Waals surface area contributed by atoms with Gasteiger partial charge in [-0.25, -0.2) is 9.97 Å². The highest BCUT2D eigenvalue weighted by Gasteiger charge is 2.02. The molecule has 0 fully saturated rings. The van der Waals surface area contributed by atoms with E-state index < -0.39 is 0 Å². The van der Waals surface area contributed by atoms with Gasteiger partial charge in [0.15, 0.2) is 0 Å². The molecule has 1 atom stereocenters. The molecule has 2 rings (SSSR count). The first kappa shape index (κ1) is 14.6. The fraction of sp³-hybridized carbons (Fsp3) is 0.286. The molecule has 0 aliphatic carbocycles. The molecule has 0 aliphatic rings. The molecule has 1 unspecified atom stereocenters. The summed E-state index contributed by atoms with van der Waals surface area (Å²) in [5.41, 5.74) is 9.39. The Morgan fingerprint density at radius 1 is 1.06 bits per heavy atom. The Hall–Kier alpha value is -1.45. The summed E-state index contributed by atoms with van der Waals surface area (Å²) in [6.07, 6.45) is 7.12. The molecule has 3 nitrogen and oxygen atoms in total. The lowest BCUT2D eigenvalue weighted by Gasteiger charge is -2.09. The van der Waals surface area contributed by atoms with Crippen molar-refractivity contribution >= 4 is 12.4 Å². The zero-order valence-corrected chi connectivity index (χ0v) is 11.2. The van der Waals surface area contributed by atoms with Crippen LogP contribution >= 0.6 is 12.4 Å². The summed E-state index contributed by atoms with van der Waals surface area (Å²) in [5.74, 6) is 0. The Bertz CT molecular complexity index is 456. The topological polar surface area (TPSA) is 51.8 Å². The van der Waals surface area contributed by atoms with Crippen molar-refractivity contribution in [2.45, 2.75) is 25.8 Å². The molecule has 96 valence electrons. The monoisotopic (exact) mass is 263 g/mol. The number of hydrogen-bond donors (Lipinski definition) is 1. The maximum atomic E-state index is 5.93. The third-order valence-electron chi connectivity index (χ3n) is 2.87. The van der Waals surface area contributed by atoms with E-state index in [9.17, 15) is 0 Å². The van der Waals surface area contributed by atoms with E-state index in [1.807, 2.05) is 12.4 Å². The highest BCUT2D eigenvalue weighted by Crippen LogP contribution is 2.18. The lowest BCUT2D eigenvalue weighted by molar-refractivity contribution is 0.646. The summed E-state index contributed by atoms with van der Waals surface area (Å²) in [4.78, 5) is 8.03. The molecule has 0 spiro atoms. The van der Waals surface area contributed by atoms with E-state index >= 15 is 0 Å². The van der Waals surface area contributed by atoms with Crippen molar-refractivity contribution in [2.24, 2.45) is 5.73 Å². The van der Waals surface area contributed by atoms with Crippen LogP contribution in [0, 0.1) is 0 Å². The third kappa shape index (κ3) is 3.79. The molecule has 0 aliphatic heterocycles. The molecule has 1 aromatic heterocycles. The number of rotatable bonds is 4. The Balaban J connectivity index is 0.00000162. The largest absolute Gasteiger partial charge is 0.327 e. The van der Waals surface area contributed by atoms with Crippen LogP contribution in [-0.2, 0) is 6.42 Å². The highest BCUT2D eigenvalue weighted by atomic mass is 35.5. The molecular formula is C14H18ClN3. The van der Waals surface area contributed by atoms with E-state index in [1.165, 1.54) is 11.9 Å². The van der Waals surface area contributed by atoms with E-state index in [2.05, 4.69) is 41.2 Å². The minimum absolute atomic E-state index is 0. The molecule has 0 radical (unpaired) electrons. The number of benzene rings is 1. The second kappa shape index (κ2) is 7.09. The van der Waals surface area contributed by atoms with Crippen LogP contribution < -0.4 is 5.73 Å². The average Bonchev–Trinajstić information content (AvgIpc) is 2.40. The lowest BCUT2D eigenvalue weighted by atomic mass is 10.0. The van der Waals surface area contributed by atoms with E-state index in [0.29, 0.717) is 0 Å². The van der Waals surface area contributed by atoms with Crippen LogP contribution in [-0.4, -0.2) is 16.0 Å². The first-order chi connectivity index (χ1) is 8.29. The van der Waals surface area contributed by atoms with Gasteiger partial charge in [0.25, 0.3) is 0 Å². The average molecular weight is 264 g/mol. The van der Waals surface area contributed by atoms with Gasteiger partial charge in [0.05, 0.1) is 0 Å². The van der Waals surface area contributed by atoms with Crippen molar-refractivity contribution in [3.8, 4) is 11.1 Å². The molecule has 0 saturated heterocycles. The smallest absolute Gasteiger partial charge is 0.115 e. The van der Waals surface area contributed by atoms with E-state index in [1.54, 1.807) is 0 Å². The summed E-state index contributed by atoms with van der Waals surface area (Å²) in [7, 11) is 0. The van der Waals surface area contributed by atoms with Crippen LogP contribution in [0.3, 0.4) is 0 Å². The minimum atomic E-state index is 0. The lowest BCUT2D eigenvalue weighted by Crippen LogP contribution is -2.21. The van der Waals surface area contributed by atoms with Gasteiger partial charge in [-0.2, -0.15) is 0 Å². The van der Waals surface area contributed by atoms with Gasteiger partial charge in [0.1, 0.15) is 6.33 Å². The number of nitrogens with two attached hydrogens (primary N) is 1. The molecule has 1 aromatic carbocycles. The van der Waals surface area contributed by atoms with Crippen molar-refractivity contribution in [1.82, 2.24) is 9.97 Å². The second-order valence-electron chi connectivity index (χ2n) is 4.20. The number of halogens is 1. The van der Waals surface area contributed by atoms with Crippen LogP contribution in [0.1, 0.15) is 18.9 Å². The van der Waals surface area contributed by atoms with Gasteiger partial charge in [0, 0.05) is 24.0 Å². The predicted molar refractivity (Wildman–Crippen MR) is 76.7 cm³/mol. The van der Waals surface area contributed by atoms with Gasteiger partial charge in [-0.3, -0.25) is 0 Å². The van der Waals surface area contributed by atoms with E-state index in [4.69, 9.17) is 5.73 Å². The van der Waals surface area contributed by atoms with Gasteiger partial charge >= 0.3 is 0 Å². The van der Waals surface area contributed by atoms with E-state index in [-0.39, 0.29) is 18.4 Å². The van der Waals surface area contributed by atoms with Crippen LogP contribution in [0.4, 0.5) is 0 Å². The Labute approximate surface area is 114 Å². The number of nitrogens with zero attached hydrogens (tertiary/aromatic N) is 2. The van der Waals surface area contributed by atoms with Crippen molar-refractivity contribution in [3.63, 3.8) is 0 Å². The number of aromatic nitrogens is 2. The standard InChI is InChI=1S/C14H17N3.ClH/c1-2-14(15)7-11-3-5-12(6-4-11)13-8-16-10-17-9-13;/h3-6,8-10,14H,2,7,15H2,1H3;1H. The van der Waals surface area contributed by atoms with Gasteiger partial charge in [-0.05, 0) is 24.0 Å². The second-order valence-corrected chi connectivity index (χ2v) is 4.20. The molecule has 0 saturated carbocycles. The van der Waals surface area contributed by atoms with Crippen LogP contribution in [0.25, 0.3) is 11.1 Å². The number of hydrogen-bond acceptors (Lipinski definition) is 3. The molecule has 1 heterocycles. The predicted octanol–water partition coefficient (Wildman–Crippen LogP) is 2.85. The summed E-state index contributed by atoms with van der Waals surface area (Å²) in [6.45, 7) is 2.11. The Morgan fingerprint density at radius 3 is 2.22 bits per heavy atom. The first-order valence-electron chi connectivity index (χ1n) is 5.89. The molecule has 4 heteroatoms. The minimum Gasteiger partial charge on any atom is -0.327 e. The van der Waals surface area contributed by atoms with Gasteiger partial charge in [-0.1, -0.05) is 31.2 Å². The van der Waals surface area contributed by atoms with Gasteiger partial charge in [0.2, 0.25) is 0 Å². The Kier molecular flexibility index (Phi) is 5.75. The maximum Gasteiger partial charge on any atom is 0.115 e. The molecule has 0 bridgehead atoms. The summed E-state index contributed by atoms with van der Waals surface area (Å²) in [6, 6.07) is 8.68. The normalized spacial score (nSPS) is 11.7. The Morgan fingerprint density at radius 2 is 1.67 bits per heavy atom.